The van der Waals surface area contributed by atoms with E-state index in [1.165, 1.54) is 12.1 Å². The summed E-state index contributed by atoms with van der Waals surface area (Å²) in [6, 6.07) is 4.88. The van der Waals surface area contributed by atoms with Crippen molar-refractivity contribution in [2.75, 3.05) is 26.2 Å². The summed E-state index contributed by atoms with van der Waals surface area (Å²) in [7, 11) is 0. The zero-order chi connectivity index (χ0) is 21.6. The van der Waals surface area contributed by atoms with Gasteiger partial charge in [0.15, 0.2) is 0 Å². The van der Waals surface area contributed by atoms with E-state index in [9.17, 15) is 22.8 Å². The number of halogens is 3. The molecule has 0 aromatic heterocycles. The van der Waals surface area contributed by atoms with Crippen LogP contribution < -0.4 is 5.32 Å². The zero-order valence-corrected chi connectivity index (χ0v) is 17.2. The van der Waals surface area contributed by atoms with Crippen molar-refractivity contribution in [1.82, 2.24) is 15.1 Å². The lowest BCUT2D eigenvalue weighted by molar-refractivity contribution is -0.138. The van der Waals surface area contributed by atoms with Gasteiger partial charge in [-0.25, -0.2) is 0 Å². The van der Waals surface area contributed by atoms with Gasteiger partial charge in [-0.15, -0.1) is 0 Å². The molecule has 5 nitrogen and oxygen atoms in total. The van der Waals surface area contributed by atoms with Crippen LogP contribution in [0.2, 0.25) is 0 Å². The highest BCUT2D eigenvalue weighted by atomic mass is 19.4. The molecule has 8 heteroatoms. The van der Waals surface area contributed by atoms with Gasteiger partial charge < -0.3 is 10.2 Å². The van der Waals surface area contributed by atoms with Gasteiger partial charge in [-0.3, -0.25) is 14.5 Å². The molecule has 0 spiro atoms. The number of alkyl halides is 3. The van der Waals surface area contributed by atoms with Crippen molar-refractivity contribution >= 4 is 11.8 Å². The molecule has 2 fully saturated rings. The van der Waals surface area contributed by atoms with E-state index in [-0.39, 0.29) is 17.9 Å². The Kier molecular flexibility index (Phi) is 7.75. The fraction of sp³-hybridized carbons (Fsp3) is 0.636. The molecule has 1 aromatic rings. The number of rotatable bonds is 3. The van der Waals surface area contributed by atoms with Crippen LogP contribution in [0, 0.1) is 0 Å². The van der Waals surface area contributed by atoms with Crippen LogP contribution in [0.15, 0.2) is 24.3 Å². The first-order valence-electron chi connectivity index (χ1n) is 10.8. The van der Waals surface area contributed by atoms with Crippen LogP contribution in [0.3, 0.4) is 0 Å². The fourth-order valence-electron chi connectivity index (χ4n) is 4.21. The van der Waals surface area contributed by atoms with Gasteiger partial charge in [-0.1, -0.05) is 25.0 Å². The molecule has 0 bridgehead atoms. The van der Waals surface area contributed by atoms with Crippen LogP contribution in [0.25, 0.3) is 0 Å². The molecule has 2 heterocycles. The lowest BCUT2D eigenvalue weighted by Crippen LogP contribution is -2.46. The summed E-state index contributed by atoms with van der Waals surface area (Å²) in [5.41, 5.74) is 0.0987. The van der Waals surface area contributed by atoms with E-state index < -0.39 is 11.7 Å². The third-order valence-corrected chi connectivity index (χ3v) is 5.91. The van der Waals surface area contributed by atoms with E-state index >= 15 is 0 Å². The van der Waals surface area contributed by atoms with Crippen molar-refractivity contribution < 1.29 is 22.8 Å². The average Bonchev–Trinajstić information content (AvgIpc) is 3.14. The molecule has 0 radical (unpaired) electrons. The second-order valence-corrected chi connectivity index (χ2v) is 8.16. The van der Waals surface area contributed by atoms with Gasteiger partial charge in [-0.2, -0.15) is 13.2 Å². The minimum atomic E-state index is -4.35. The molecule has 1 N–H and O–H groups in total. The Bertz CT molecular complexity index is 721. The second kappa shape index (κ2) is 10.3. The van der Waals surface area contributed by atoms with Crippen LogP contribution in [0.4, 0.5) is 13.2 Å². The molecule has 2 aliphatic rings. The first kappa shape index (κ1) is 22.6. The molecule has 1 aromatic carbocycles. The summed E-state index contributed by atoms with van der Waals surface area (Å²) >= 11 is 0. The van der Waals surface area contributed by atoms with E-state index in [1.807, 2.05) is 0 Å². The standard InChI is InChI=1S/C22H30F3N3O2/c23-22(24,25)18-9-7-17(8-10-18)16-28-14-5-6-19(28)21(30)27-13-4-2-1-3-12-26-20(29)11-15-27/h7-10,19H,1-6,11-16H2,(H,26,29). The average molecular weight is 425 g/mol. The van der Waals surface area contributed by atoms with E-state index in [4.69, 9.17) is 0 Å². The minimum Gasteiger partial charge on any atom is -0.356 e. The molecule has 30 heavy (non-hydrogen) atoms. The number of nitrogens with one attached hydrogen (secondary N) is 1. The molecule has 3 rings (SSSR count). The number of amides is 2. The van der Waals surface area contributed by atoms with Crippen LogP contribution in [0.5, 0.6) is 0 Å². The Balaban J connectivity index is 1.63. The van der Waals surface area contributed by atoms with Crippen molar-refractivity contribution in [1.29, 1.82) is 0 Å². The number of carbonyl (C=O) groups excluding carboxylic acids is 2. The molecule has 166 valence electrons. The van der Waals surface area contributed by atoms with Gasteiger partial charge in [-0.05, 0) is 49.9 Å². The van der Waals surface area contributed by atoms with Crippen molar-refractivity contribution in [3.05, 3.63) is 35.4 Å². The zero-order valence-electron chi connectivity index (χ0n) is 17.2. The Morgan fingerprint density at radius 3 is 2.47 bits per heavy atom. The van der Waals surface area contributed by atoms with Crippen molar-refractivity contribution in [2.45, 2.75) is 63.7 Å². The van der Waals surface area contributed by atoms with Crippen molar-refractivity contribution in [2.24, 2.45) is 0 Å². The highest BCUT2D eigenvalue weighted by Crippen LogP contribution is 2.30. The van der Waals surface area contributed by atoms with Crippen LogP contribution in [0.1, 0.15) is 56.1 Å². The highest BCUT2D eigenvalue weighted by Gasteiger charge is 2.34. The summed E-state index contributed by atoms with van der Waals surface area (Å²) in [4.78, 5) is 29.1. The SMILES string of the molecule is O=C1CCN(C(=O)C2CCCN2Cc2ccc(C(F)(F)F)cc2)CCCCCCN1. The predicted molar refractivity (Wildman–Crippen MR) is 108 cm³/mol. The summed E-state index contributed by atoms with van der Waals surface area (Å²) in [5.74, 6) is 0.00851. The van der Waals surface area contributed by atoms with Crippen LogP contribution in [-0.2, 0) is 22.3 Å². The van der Waals surface area contributed by atoms with Gasteiger partial charge in [0, 0.05) is 32.6 Å². The number of hydrogen-bond donors (Lipinski definition) is 1. The maximum atomic E-state index is 13.2. The summed E-state index contributed by atoms with van der Waals surface area (Å²) < 4.78 is 38.3. The summed E-state index contributed by atoms with van der Waals surface area (Å²) in [6.07, 6.45) is 1.52. The number of carbonyl (C=O) groups is 2. The van der Waals surface area contributed by atoms with Gasteiger partial charge in [0.25, 0.3) is 0 Å². The highest BCUT2D eigenvalue weighted by molar-refractivity contribution is 5.83. The number of hydrogen-bond acceptors (Lipinski definition) is 3. The first-order chi connectivity index (χ1) is 14.3. The topological polar surface area (TPSA) is 52.7 Å². The van der Waals surface area contributed by atoms with Crippen LogP contribution in [-0.4, -0.2) is 53.8 Å². The Labute approximate surface area is 175 Å². The maximum Gasteiger partial charge on any atom is 0.416 e. The summed E-state index contributed by atoms with van der Waals surface area (Å²) in [5, 5.41) is 2.90. The number of nitrogens with zero attached hydrogens (tertiary/aromatic N) is 2. The molecule has 2 amide bonds. The van der Waals surface area contributed by atoms with Gasteiger partial charge in [0.2, 0.25) is 11.8 Å². The molecule has 1 unspecified atom stereocenters. The minimum absolute atomic E-state index is 0.0252. The lowest BCUT2D eigenvalue weighted by Gasteiger charge is -2.30. The number of likely N-dealkylation sites (tertiary alicyclic amines) is 1. The van der Waals surface area contributed by atoms with Gasteiger partial charge >= 0.3 is 6.18 Å². The van der Waals surface area contributed by atoms with Crippen molar-refractivity contribution in [3.63, 3.8) is 0 Å². The molecule has 2 saturated heterocycles. The maximum absolute atomic E-state index is 13.2. The van der Waals surface area contributed by atoms with Crippen molar-refractivity contribution in [3.8, 4) is 0 Å². The normalized spacial score (nSPS) is 22.4. The van der Waals surface area contributed by atoms with Gasteiger partial charge in [0.05, 0.1) is 11.6 Å². The molecular weight excluding hydrogens is 395 g/mol. The third kappa shape index (κ3) is 6.20. The molecule has 0 saturated carbocycles. The van der Waals surface area contributed by atoms with E-state index in [1.54, 1.807) is 4.90 Å². The predicted octanol–water partition coefficient (Wildman–Crippen LogP) is 3.58. The first-order valence-corrected chi connectivity index (χ1v) is 10.8. The molecular formula is C22H30F3N3O2. The monoisotopic (exact) mass is 425 g/mol. The third-order valence-electron chi connectivity index (χ3n) is 5.91. The largest absolute Gasteiger partial charge is 0.416 e. The molecule has 1 atom stereocenters. The Morgan fingerprint density at radius 1 is 1.00 bits per heavy atom. The Morgan fingerprint density at radius 2 is 1.73 bits per heavy atom. The van der Waals surface area contributed by atoms with Gasteiger partial charge in [0.1, 0.15) is 0 Å². The summed E-state index contributed by atoms with van der Waals surface area (Å²) in [6.45, 7) is 2.94. The fourth-order valence-corrected chi connectivity index (χ4v) is 4.21. The lowest BCUT2D eigenvalue weighted by atomic mass is 10.1. The quantitative estimate of drug-likeness (QED) is 0.806. The van der Waals surface area contributed by atoms with E-state index in [0.717, 1.165) is 62.8 Å². The smallest absolute Gasteiger partial charge is 0.356 e. The second-order valence-electron chi connectivity index (χ2n) is 8.16. The van der Waals surface area contributed by atoms with E-state index in [2.05, 4.69) is 10.2 Å². The van der Waals surface area contributed by atoms with E-state index in [0.29, 0.717) is 32.6 Å². The molecule has 0 aliphatic carbocycles. The number of benzene rings is 1. The van der Waals surface area contributed by atoms with Crippen LogP contribution >= 0.6 is 0 Å². The molecule has 2 aliphatic heterocycles. The Hall–Kier alpha value is -2.09.